The molecule has 1 aliphatic heterocycles. The molecule has 1 aliphatic rings. The number of benzene rings is 2. The molecule has 0 radical (unpaired) electrons. The molecule has 3 rings (SSSR count). The molecular weight excluding hydrogens is 578 g/mol. The third-order valence-corrected chi connectivity index (χ3v) is 9.14. The number of likely N-dealkylation sites (N-methyl/N-ethyl adjacent to an activating group) is 1. The molecule has 1 saturated heterocycles. The van der Waals surface area contributed by atoms with E-state index >= 15 is 0 Å². The Morgan fingerprint density at radius 3 is 2.15 bits per heavy atom. The summed E-state index contributed by atoms with van der Waals surface area (Å²) in [5.74, 6) is -0.500. The largest absolute Gasteiger partial charge is 0.463 e. The van der Waals surface area contributed by atoms with Gasteiger partial charge in [-0.2, -0.15) is 0 Å². The van der Waals surface area contributed by atoms with E-state index in [1.165, 1.54) is 0 Å². The van der Waals surface area contributed by atoms with Gasteiger partial charge in [0.25, 0.3) is 0 Å². The Balaban J connectivity index is 1.92. The van der Waals surface area contributed by atoms with Gasteiger partial charge in [0.05, 0.1) is 18.7 Å². The summed E-state index contributed by atoms with van der Waals surface area (Å²) in [6, 6.07) is 15.0. The van der Waals surface area contributed by atoms with Crippen molar-refractivity contribution in [2.45, 2.75) is 98.3 Å². The van der Waals surface area contributed by atoms with E-state index in [0.29, 0.717) is 22.6 Å². The lowest BCUT2D eigenvalue weighted by molar-refractivity contribution is -0.139. The smallest absolute Gasteiger partial charge is 0.333 e. The first-order valence-corrected chi connectivity index (χ1v) is 16.7. The molecular formula is C38H53N3O5. The molecule has 1 unspecified atom stereocenters. The van der Waals surface area contributed by atoms with Crippen molar-refractivity contribution in [2.75, 3.05) is 20.2 Å². The van der Waals surface area contributed by atoms with Gasteiger partial charge in [-0.25, -0.2) is 4.79 Å². The normalized spacial score (nSPS) is 17.7. The van der Waals surface area contributed by atoms with Gasteiger partial charge in [0.1, 0.15) is 6.04 Å². The Bertz CT molecular complexity index is 1350. The predicted octanol–water partition coefficient (Wildman–Crippen LogP) is 5.84. The van der Waals surface area contributed by atoms with Crippen LogP contribution < -0.4 is 5.32 Å². The van der Waals surface area contributed by atoms with Gasteiger partial charge in [-0.1, -0.05) is 94.8 Å². The van der Waals surface area contributed by atoms with E-state index < -0.39 is 18.1 Å². The lowest BCUT2D eigenvalue weighted by atomic mass is 9.94. The Labute approximate surface area is 275 Å². The van der Waals surface area contributed by atoms with E-state index in [9.17, 15) is 19.2 Å². The van der Waals surface area contributed by atoms with Crippen LogP contribution in [-0.4, -0.2) is 77.7 Å². The molecule has 2 aromatic carbocycles. The van der Waals surface area contributed by atoms with E-state index in [-0.39, 0.29) is 48.6 Å². The molecule has 4 atom stereocenters. The molecule has 0 bridgehead atoms. The average Bonchev–Trinajstić information content (AvgIpc) is 3.06. The number of nitrogens with zero attached hydrogens (tertiary/aromatic N) is 2. The van der Waals surface area contributed by atoms with Crippen molar-refractivity contribution in [3.8, 4) is 0 Å². The van der Waals surface area contributed by atoms with E-state index in [0.717, 1.165) is 31.4 Å². The molecule has 8 nitrogen and oxygen atoms in total. The summed E-state index contributed by atoms with van der Waals surface area (Å²) >= 11 is 0. The zero-order valence-corrected chi connectivity index (χ0v) is 28.9. The van der Waals surface area contributed by atoms with E-state index in [4.69, 9.17) is 4.74 Å². The van der Waals surface area contributed by atoms with E-state index in [1.807, 2.05) is 44.2 Å². The Morgan fingerprint density at radius 2 is 1.57 bits per heavy atom. The standard InChI is InChI=1S/C38H53N3O5/c1-9-46-38(45)27(6)23-34(26(4)5)40(8)37(44)32(39-36(43)33-17-13-14-22-41(33)28(7)25(2)3)24-29-18-20-31(21-19-29)35(42)30-15-11-10-12-16-30/h10-12,15-16,18-21,23,25-26,28,32-34H,9,13-14,17,22,24H2,1-8H3,(H,39,43)/b27-23+/t28?,32-,33+,34+/m0/s1. The molecule has 2 aromatic rings. The summed E-state index contributed by atoms with van der Waals surface area (Å²) in [6.07, 6.45) is 4.78. The minimum Gasteiger partial charge on any atom is -0.463 e. The summed E-state index contributed by atoms with van der Waals surface area (Å²) < 4.78 is 5.18. The van der Waals surface area contributed by atoms with Crippen molar-refractivity contribution in [3.05, 3.63) is 82.9 Å². The van der Waals surface area contributed by atoms with Crippen LogP contribution in [0.5, 0.6) is 0 Å². The number of esters is 1. The SMILES string of the molecule is CCOC(=O)/C(C)=C/[C@H](C(C)C)N(C)C(=O)[C@H](Cc1ccc(C(=O)c2ccccc2)cc1)NC(=O)[C@H]1CCCCN1C(C)C(C)C. The number of rotatable bonds is 14. The number of piperidine rings is 1. The number of ether oxygens (including phenoxy) is 1. The highest BCUT2D eigenvalue weighted by molar-refractivity contribution is 6.09. The Kier molecular flexibility index (Phi) is 13.7. The summed E-state index contributed by atoms with van der Waals surface area (Å²) in [6.45, 7) is 15.0. The fourth-order valence-electron chi connectivity index (χ4n) is 6.07. The minimum atomic E-state index is -0.844. The van der Waals surface area contributed by atoms with Gasteiger partial charge >= 0.3 is 5.97 Å². The fourth-order valence-corrected chi connectivity index (χ4v) is 6.07. The van der Waals surface area contributed by atoms with Crippen LogP contribution in [0.15, 0.2) is 66.2 Å². The van der Waals surface area contributed by atoms with Crippen LogP contribution in [0, 0.1) is 11.8 Å². The summed E-state index contributed by atoms with van der Waals surface area (Å²) in [5.41, 5.74) is 2.42. The van der Waals surface area contributed by atoms with Crippen molar-refractivity contribution < 1.29 is 23.9 Å². The highest BCUT2D eigenvalue weighted by Crippen LogP contribution is 2.24. The van der Waals surface area contributed by atoms with Crippen LogP contribution in [0.4, 0.5) is 0 Å². The van der Waals surface area contributed by atoms with Crippen LogP contribution >= 0.6 is 0 Å². The lowest BCUT2D eigenvalue weighted by Gasteiger charge is -2.41. The van der Waals surface area contributed by atoms with E-state index in [1.54, 1.807) is 56.1 Å². The summed E-state index contributed by atoms with van der Waals surface area (Å²) in [5, 5.41) is 3.14. The number of ketones is 1. The Hall–Kier alpha value is -3.78. The van der Waals surface area contributed by atoms with Crippen LogP contribution in [0.25, 0.3) is 0 Å². The monoisotopic (exact) mass is 631 g/mol. The zero-order chi connectivity index (χ0) is 34.0. The number of amides is 2. The number of likely N-dealkylation sites (tertiary alicyclic amines) is 1. The molecule has 0 saturated carbocycles. The molecule has 250 valence electrons. The van der Waals surface area contributed by atoms with E-state index in [2.05, 4.69) is 31.0 Å². The number of carbonyl (C=O) groups is 4. The van der Waals surface area contributed by atoms with Crippen molar-refractivity contribution in [1.82, 2.24) is 15.1 Å². The topological polar surface area (TPSA) is 96.0 Å². The lowest BCUT2D eigenvalue weighted by Crippen LogP contribution is -2.58. The van der Waals surface area contributed by atoms with Crippen molar-refractivity contribution in [2.24, 2.45) is 11.8 Å². The molecule has 8 heteroatoms. The van der Waals surface area contributed by atoms with Crippen LogP contribution in [-0.2, 0) is 25.5 Å². The molecule has 2 amide bonds. The first kappa shape index (κ1) is 36.7. The molecule has 46 heavy (non-hydrogen) atoms. The van der Waals surface area contributed by atoms with Crippen LogP contribution in [0.1, 0.15) is 89.2 Å². The molecule has 1 fully saturated rings. The second-order valence-electron chi connectivity index (χ2n) is 13.1. The molecule has 1 heterocycles. The second kappa shape index (κ2) is 17.2. The maximum Gasteiger partial charge on any atom is 0.333 e. The van der Waals surface area contributed by atoms with Gasteiger partial charge in [0.15, 0.2) is 5.78 Å². The van der Waals surface area contributed by atoms with Gasteiger partial charge in [-0.15, -0.1) is 0 Å². The molecule has 1 N–H and O–H groups in total. The Morgan fingerprint density at radius 1 is 0.935 bits per heavy atom. The highest BCUT2D eigenvalue weighted by atomic mass is 16.5. The quantitative estimate of drug-likeness (QED) is 0.160. The maximum absolute atomic E-state index is 14.3. The first-order chi connectivity index (χ1) is 21.8. The third kappa shape index (κ3) is 9.61. The van der Waals surface area contributed by atoms with Gasteiger partial charge in [-0.05, 0) is 57.6 Å². The van der Waals surface area contributed by atoms with Gasteiger partial charge < -0.3 is 15.0 Å². The average molecular weight is 632 g/mol. The maximum atomic E-state index is 14.3. The number of carbonyl (C=O) groups excluding carboxylic acids is 4. The van der Waals surface area contributed by atoms with Gasteiger partial charge in [0, 0.05) is 36.2 Å². The third-order valence-electron chi connectivity index (χ3n) is 9.14. The predicted molar refractivity (Wildman–Crippen MR) is 182 cm³/mol. The molecule has 0 aliphatic carbocycles. The molecule has 0 aromatic heterocycles. The number of hydrogen-bond donors (Lipinski definition) is 1. The minimum absolute atomic E-state index is 0.00121. The zero-order valence-electron chi connectivity index (χ0n) is 28.9. The fraction of sp³-hybridized carbons (Fsp3) is 0.526. The summed E-state index contributed by atoms with van der Waals surface area (Å²) in [7, 11) is 1.72. The first-order valence-electron chi connectivity index (χ1n) is 16.7. The number of hydrogen-bond acceptors (Lipinski definition) is 6. The summed E-state index contributed by atoms with van der Waals surface area (Å²) in [4.78, 5) is 57.5. The number of nitrogens with one attached hydrogen (secondary N) is 1. The van der Waals surface area contributed by atoms with Gasteiger partial charge in [0.2, 0.25) is 11.8 Å². The van der Waals surface area contributed by atoms with Gasteiger partial charge in [-0.3, -0.25) is 19.3 Å². The van der Waals surface area contributed by atoms with Crippen molar-refractivity contribution in [3.63, 3.8) is 0 Å². The van der Waals surface area contributed by atoms with Crippen LogP contribution in [0.2, 0.25) is 0 Å². The van der Waals surface area contributed by atoms with Crippen molar-refractivity contribution in [1.29, 1.82) is 0 Å². The molecule has 0 spiro atoms. The van der Waals surface area contributed by atoms with Crippen molar-refractivity contribution >= 4 is 23.6 Å². The second-order valence-corrected chi connectivity index (χ2v) is 13.1. The van der Waals surface area contributed by atoms with Crippen LogP contribution in [0.3, 0.4) is 0 Å². The highest BCUT2D eigenvalue weighted by Gasteiger charge is 2.36.